The van der Waals surface area contributed by atoms with E-state index in [0.29, 0.717) is 0 Å². The first-order chi connectivity index (χ1) is 26.5. The molecule has 0 spiro atoms. The van der Waals surface area contributed by atoms with Gasteiger partial charge in [0.1, 0.15) is 0 Å². The third-order valence-electron chi connectivity index (χ3n) is 11.4. The summed E-state index contributed by atoms with van der Waals surface area (Å²) in [4.78, 5) is 2.47. The molecule has 0 unspecified atom stereocenters. The number of nitrogens with zero attached hydrogens (tertiary/aromatic N) is 1. The number of anilines is 3. The zero-order chi connectivity index (χ0) is 36.2. The molecule has 0 bridgehead atoms. The molecule has 9 aromatic carbocycles. The van der Waals surface area contributed by atoms with Gasteiger partial charge in [0.15, 0.2) is 0 Å². The largest absolute Gasteiger partial charge is 0.310 e. The van der Waals surface area contributed by atoms with E-state index in [1.54, 1.807) is 0 Å². The predicted molar refractivity (Wildman–Crippen MR) is 230 cm³/mol. The van der Waals surface area contributed by atoms with Gasteiger partial charge in [0.25, 0.3) is 0 Å². The second kappa shape index (κ2) is 12.8. The summed E-state index contributed by atoms with van der Waals surface area (Å²) in [6.07, 6.45) is 0. The lowest BCUT2D eigenvalue weighted by atomic mass is 9.80. The fourth-order valence-electron chi connectivity index (χ4n) is 8.70. The monoisotopic (exact) mass is 689 g/mol. The maximum absolute atomic E-state index is 2.47. The average molecular weight is 690 g/mol. The maximum atomic E-state index is 2.47. The summed E-state index contributed by atoms with van der Waals surface area (Å²) in [6.45, 7) is 4.80. The molecule has 256 valence electrons. The molecule has 9 aromatic rings. The summed E-state index contributed by atoms with van der Waals surface area (Å²) in [5.41, 5.74) is 15.9. The van der Waals surface area contributed by atoms with Crippen LogP contribution >= 0.6 is 0 Å². The molecule has 1 aliphatic carbocycles. The van der Waals surface area contributed by atoms with E-state index in [4.69, 9.17) is 0 Å². The Morgan fingerprint density at radius 3 is 1.48 bits per heavy atom. The van der Waals surface area contributed by atoms with Crippen molar-refractivity contribution in [1.82, 2.24) is 0 Å². The Morgan fingerprint density at radius 1 is 0.370 bits per heavy atom. The molecule has 0 radical (unpaired) electrons. The van der Waals surface area contributed by atoms with E-state index in [1.807, 2.05) is 0 Å². The van der Waals surface area contributed by atoms with Gasteiger partial charge in [-0.25, -0.2) is 0 Å². The van der Waals surface area contributed by atoms with Crippen LogP contribution in [0.2, 0.25) is 0 Å². The molecule has 10 rings (SSSR count). The Kier molecular flexibility index (Phi) is 7.56. The fraction of sp³-hybridized carbons (Fsp3) is 0.0566. The SMILES string of the molecule is CC1(C)c2ccc(-c3ccc4ccccc4c3)cc2-c2c(N(c3ccc(-c4ccccc4)cc3)c3ccc(-c4ccccc4)cc3)cc3ccccc3c21. The summed E-state index contributed by atoms with van der Waals surface area (Å²) in [6, 6.07) is 73.4. The first-order valence-corrected chi connectivity index (χ1v) is 18.8. The standard InChI is InChI=1S/C53H39N/c1-53(2)49-32-27-43(42-22-21-38-17-9-10-18-41(38)33-42)34-48(49)51-50(35-44-19-11-12-20-47(44)52(51)53)54(45-28-23-39(24-29-45)36-13-5-3-6-14-36)46-30-25-40(26-31-46)37-15-7-4-8-16-37/h3-35H,1-2H3. The molecule has 54 heavy (non-hydrogen) atoms. The minimum Gasteiger partial charge on any atom is -0.310 e. The van der Waals surface area contributed by atoms with Gasteiger partial charge in [0, 0.05) is 22.4 Å². The third-order valence-corrected chi connectivity index (χ3v) is 11.4. The number of benzene rings is 9. The summed E-state index contributed by atoms with van der Waals surface area (Å²) in [5.74, 6) is 0. The molecule has 0 N–H and O–H groups in total. The van der Waals surface area contributed by atoms with Crippen molar-refractivity contribution in [2.45, 2.75) is 19.3 Å². The van der Waals surface area contributed by atoms with Gasteiger partial charge in [-0.05, 0) is 114 Å². The van der Waals surface area contributed by atoms with Gasteiger partial charge in [-0.2, -0.15) is 0 Å². The third kappa shape index (κ3) is 5.32. The Bertz CT molecular complexity index is 2730. The van der Waals surface area contributed by atoms with Crippen molar-refractivity contribution in [3.8, 4) is 44.5 Å². The Morgan fingerprint density at radius 2 is 0.852 bits per heavy atom. The van der Waals surface area contributed by atoms with Crippen LogP contribution in [0, 0.1) is 0 Å². The van der Waals surface area contributed by atoms with E-state index in [0.717, 1.165) is 11.4 Å². The highest BCUT2D eigenvalue weighted by Crippen LogP contribution is 2.57. The highest BCUT2D eigenvalue weighted by atomic mass is 15.1. The molecule has 0 saturated carbocycles. The summed E-state index contributed by atoms with van der Waals surface area (Å²) < 4.78 is 0. The normalized spacial score (nSPS) is 12.8. The van der Waals surface area contributed by atoms with Gasteiger partial charge in [-0.1, -0.05) is 172 Å². The maximum Gasteiger partial charge on any atom is 0.0549 e. The topological polar surface area (TPSA) is 3.24 Å². The second-order valence-corrected chi connectivity index (χ2v) is 15.0. The highest BCUT2D eigenvalue weighted by Gasteiger charge is 2.40. The Labute approximate surface area is 317 Å². The van der Waals surface area contributed by atoms with Gasteiger partial charge < -0.3 is 4.90 Å². The summed E-state index contributed by atoms with van der Waals surface area (Å²) in [5, 5.41) is 5.07. The molecule has 0 atom stereocenters. The second-order valence-electron chi connectivity index (χ2n) is 15.0. The Balaban J connectivity index is 1.21. The van der Waals surface area contributed by atoms with Crippen LogP contribution in [0.5, 0.6) is 0 Å². The average Bonchev–Trinajstić information content (AvgIpc) is 3.48. The molecule has 0 fully saturated rings. The van der Waals surface area contributed by atoms with E-state index in [1.165, 1.54) is 82.9 Å². The van der Waals surface area contributed by atoms with Crippen LogP contribution in [0.15, 0.2) is 200 Å². The van der Waals surface area contributed by atoms with Crippen LogP contribution in [0.25, 0.3) is 66.1 Å². The zero-order valence-electron chi connectivity index (χ0n) is 30.5. The number of rotatable bonds is 6. The van der Waals surface area contributed by atoms with E-state index in [-0.39, 0.29) is 5.41 Å². The van der Waals surface area contributed by atoms with Crippen molar-refractivity contribution in [3.63, 3.8) is 0 Å². The van der Waals surface area contributed by atoms with Crippen LogP contribution < -0.4 is 4.90 Å². The van der Waals surface area contributed by atoms with Crippen LogP contribution in [-0.2, 0) is 5.41 Å². The quantitative estimate of drug-likeness (QED) is 0.168. The number of hydrogen-bond acceptors (Lipinski definition) is 1. The lowest BCUT2D eigenvalue weighted by Gasteiger charge is -2.30. The van der Waals surface area contributed by atoms with Crippen molar-refractivity contribution >= 4 is 38.6 Å². The molecule has 0 amide bonds. The smallest absolute Gasteiger partial charge is 0.0549 e. The first kappa shape index (κ1) is 32.0. The molecule has 1 aliphatic rings. The zero-order valence-corrected chi connectivity index (χ0v) is 30.5. The number of fused-ring (bicyclic) bond motifs is 6. The first-order valence-electron chi connectivity index (χ1n) is 18.8. The van der Waals surface area contributed by atoms with Crippen molar-refractivity contribution in [3.05, 3.63) is 211 Å². The molecule has 0 saturated heterocycles. The van der Waals surface area contributed by atoms with Crippen LogP contribution in [-0.4, -0.2) is 0 Å². The summed E-state index contributed by atoms with van der Waals surface area (Å²) >= 11 is 0. The van der Waals surface area contributed by atoms with E-state index in [9.17, 15) is 0 Å². The van der Waals surface area contributed by atoms with Crippen LogP contribution in [0.1, 0.15) is 25.0 Å². The lowest BCUT2D eigenvalue weighted by Crippen LogP contribution is -2.17. The van der Waals surface area contributed by atoms with Crippen molar-refractivity contribution < 1.29 is 0 Å². The fourth-order valence-corrected chi connectivity index (χ4v) is 8.70. The molecule has 0 aromatic heterocycles. The summed E-state index contributed by atoms with van der Waals surface area (Å²) in [7, 11) is 0. The lowest BCUT2D eigenvalue weighted by molar-refractivity contribution is 0.666. The van der Waals surface area contributed by atoms with E-state index in [2.05, 4.69) is 219 Å². The molecule has 0 aliphatic heterocycles. The van der Waals surface area contributed by atoms with Crippen molar-refractivity contribution in [2.75, 3.05) is 4.90 Å². The number of hydrogen-bond donors (Lipinski definition) is 0. The predicted octanol–water partition coefficient (Wildman–Crippen LogP) is 14.8. The van der Waals surface area contributed by atoms with Gasteiger partial charge >= 0.3 is 0 Å². The van der Waals surface area contributed by atoms with E-state index < -0.39 is 0 Å². The Hall–Kier alpha value is -6.70. The molecular weight excluding hydrogens is 651 g/mol. The van der Waals surface area contributed by atoms with Gasteiger partial charge in [-0.3, -0.25) is 0 Å². The van der Waals surface area contributed by atoms with Crippen molar-refractivity contribution in [2.24, 2.45) is 0 Å². The van der Waals surface area contributed by atoms with Crippen LogP contribution in [0.3, 0.4) is 0 Å². The van der Waals surface area contributed by atoms with Gasteiger partial charge in [0.05, 0.1) is 5.69 Å². The van der Waals surface area contributed by atoms with Gasteiger partial charge in [-0.15, -0.1) is 0 Å². The molecule has 1 nitrogen and oxygen atoms in total. The minimum atomic E-state index is -0.206. The molecule has 1 heteroatoms. The van der Waals surface area contributed by atoms with Crippen LogP contribution in [0.4, 0.5) is 17.1 Å². The molecule has 0 heterocycles. The van der Waals surface area contributed by atoms with Gasteiger partial charge in [0.2, 0.25) is 0 Å². The van der Waals surface area contributed by atoms with Crippen molar-refractivity contribution in [1.29, 1.82) is 0 Å². The van der Waals surface area contributed by atoms with E-state index >= 15 is 0 Å². The minimum absolute atomic E-state index is 0.206. The highest BCUT2D eigenvalue weighted by molar-refractivity contribution is 6.06. The molecular formula is C53H39N.